The molecule has 0 radical (unpaired) electrons. The van der Waals surface area contributed by atoms with Gasteiger partial charge in [0.1, 0.15) is 5.82 Å². The number of carbonyl (C=O) groups is 4. The number of halogens is 1. The van der Waals surface area contributed by atoms with Crippen LogP contribution >= 0.6 is 0 Å². The van der Waals surface area contributed by atoms with Crippen LogP contribution in [-0.4, -0.2) is 35.1 Å². The maximum Gasteiger partial charge on any atom is 0.268 e. The predicted octanol–water partition coefficient (Wildman–Crippen LogP) is 0.853. The third-order valence-corrected chi connectivity index (χ3v) is 3.81. The number of rotatable bonds is 8. The number of benzene rings is 1. The Hall–Kier alpha value is -3.07. The van der Waals surface area contributed by atoms with Gasteiger partial charge in [-0.15, -0.1) is 0 Å². The molecule has 0 atom stereocenters. The molecule has 26 heavy (non-hydrogen) atoms. The fourth-order valence-electron chi connectivity index (χ4n) is 2.46. The van der Waals surface area contributed by atoms with Crippen LogP contribution in [0.15, 0.2) is 30.4 Å². The molecule has 1 heterocycles. The fraction of sp³-hybridized carbons (Fsp3) is 0.294. The summed E-state index contributed by atoms with van der Waals surface area (Å²) in [6, 6.07) is 3.68. The maximum absolute atomic E-state index is 13.8. The highest BCUT2D eigenvalue weighted by molar-refractivity contribution is 6.12. The number of hydrogen-bond acceptors (Lipinski definition) is 5. The highest BCUT2D eigenvalue weighted by Crippen LogP contribution is 2.15. The van der Waals surface area contributed by atoms with Crippen molar-refractivity contribution in [1.82, 2.24) is 10.3 Å². The molecule has 1 aliphatic heterocycles. The summed E-state index contributed by atoms with van der Waals surface area (Å²) in [5, 5.41) is 2.54. The molecule has 1 aromatic carbocycles. The van der Waals surface area contributed by atoms with Gasteiger partial charge in [0.2, 0.25) is 5.91 Å². The molecule has 0 spiro atoms. The molecule has 138 valence electrons. The Labute approximate surface area is 149 Å². The summed E-state index contributed by atoms with van der Waals surface area (Å²) in [6.45, 7) is 0.322. The van der Waals surface area contributed by atoms with Gasteiger partial charge in [-0.1, -0.05) is 6.42 Å². The van der Waals surface area contributed by atoms with Crippen molar-refractivity contribution in [2.24, 2.45) is 5.84 Å². The number of hydrazine groups is 1. The highest BCUT2D eigenvalue weighted by atomic mass is 19.1. The first-order valence-electron chi connectivity index (χ1n) is 8.06. The molecule has 4 amide bonds. The Bertz CT molecular complexity index is 745. The second-order valence-electron chi connectivity index (χ2n) is 5.69. The topological polar surface area (TPSA) is 122 Å². The van der Waals surface area contributed by atoms with Gasteiger partial charge >= 0.3 is 0 Å². The standard InChI is InChI=1S/C17H19FN4O4/c18-13-10-11(5-6-12(13)17(26)21-19)20-14(23)4-2-1-3-9-22-15(24)7-8-16(22)25/h5-8,10H,1-4,9,19H2,(H,20,23)(H,21,26). The largest absolute Gasteiger partial charge is 0.326 e. The van der Waals surface area contributed by atoms with Gasteiger partial charge in [-0.2, -0.15) is 0 Å². The summed E-state index contributed by atoms with van der Waals surface area (Å²) in [6.07, 6.45) is 4.51. The van der Waals surface area contributed by atoms with Crippen molar-refractivity contribution in [3.63, 3.8) is 0 Å². The van der Waals surface area contributed by atoms with Gasteiger partial charge in [-0.3, -0.25) is 29.5 Å². The molecular formula is C17H19FN4O4. The SMILES string of the molecule is NNC(=O)c1ccc(NC(=O)CCCCCN2C(=O)C=CC2=O)cc1F. The first kappa shape index (κ1) is 19.3. The molecule has 0 unspecified atom stereocenters. The molecule has 0 aliphatic carbocycles. The van der Waals surface area contributed by atoms with Gasteiger partial charge in [0, 0.05) is 30.8 Å². The van der Waals surface area contributed by atoms with Crippen LogP contribution in [-0.2, 0) is 14.4 Å². The monoisotopic (exact) mass is 362 g/mol. The second-order valence-corrected chi connectivity index (χ2v) is 5.69. The van der Waals surface area contributed by atoms with Gasteiger partial charge < -0.3 is 5.32 Å². The second kappa shape index (κ2) is 8.86. The molecule has 1 aromatic rings. The highest BCUT2D eigenvalue weighted by Gasteiger charge is 2.22. The number of nitrogens with zero attached hydrogens (tertiary/aromatic N) is 1. The Balaban J connectivity index is 1.70. The normalized spacial score (nSPS) is 13.2. The van der Waals surface area contributed by atoms with Gasteiger partial charge in [-0.25, -0.2) is 10.2 Å². The third kappa shape index (κ3) is 4.96. The average molecular weight is 362 g/mol. The van der Waals surface area contributed by atoms with Crippen LogP contribution in [0.3, 0.4) is 0 Å². The van der Waals surface area contributed by atoms with E-state index in [4.69, 9.17) is 5.84 Å². The van der Waals surface area contributed by atoms with E-state index < -0.39 is 11.7 Å². The van der Waals surface area contributed by atoms with Crippen LogP contribution < -0.4 is 16.6 Å². The van der Waals surface area contributed by atoms with E-state index in [0.717, 1.165) is 11.0 Å². The molecular weight excluding hydrogens is 343 g/mol. The zero-order valence-corrected chi connectivity index (χ0v) is 14.0. The Morgan fingerprint density at radius 2 is 1.77 bits per heavy atom. The predicted molar refractivity (Wildman–Crippen MR) is 91.0 cm³/mol. The minimum absolute atomic E-state index is 0.215. The molecule has 0 bridgehead atoms. The average Bonchev–Trinajstić information content (AvgIpc) is 2.92. The molecule has 4 N–H and O–H groups in total. The van der Waals surface area contributed by atoms with Crippen LogP contribution in [0.4, 0.5) is 10.1 Å². The number of unbranched alkanes of at least 4 members (excludes halogenated alkanes) is 2. The number of imide groups is 1. The lowest BCUT2D eigenvalue weighted by Gasteiger charge is -2.13. The molecule has 0 fully saturated rings. The van der Waals surface area contributed by atoms with Crippen molar-refractivity contribution in [3.8, 4) is 0 Å². The summed E-state index contributed by atoms with van der Waals surface area (Å²) in [5.41, 5.74) is 1.85. The van der Waals surface area contributed by atoms with E-state index in [1.54, 1.807) is 0 Å². The Morgan fingerprint density at radius 1 is 1.08 bits per heavy atom. The van der Waals surface area contributed by atoms with Crippen LogP contribution in [0.25, 0.3) is 0 Å². The number of amides is 4. The van der Waals surface area contributed by atoms with Crippen molar-refractivity contribution < 1.29 is 23.6 Å². The smallest absolute Gasteiger partial charge is 0.268 e. The first-order chi connectivity index (χ1) is 12.4. The number of hydrogen-bond donors (Lipinski definition) is 3. The van der Waals surface area contributed by atoms with Crippen LogP contribution in [0.5, 0.6) is 0 Å². The lowest BCUT2D eigenvalue weighted by atomic mass is 10.1. The minimum atomic E-state index is -0.792. The number of anilines is 1. The lowest BCUT2D eigenvalue weighted by Crippen LogP contribution is -2.30. The van der Waals surface area contributed by atoms with Crippen molar-refractivity contribution in [3.05, 3.63) is 41.7 Å². The molecule has 8 nitrogen and oxygen atoms in total. The first-order valence-corrected chi connectivity index (χ1v) is 8.06. The fourth-order valence-corrected chi connectivity index (χ4v) is 2.46. The van der Waals surface area contributed by atoms with E-state index in [0.29, 0.717) is 25.8 Å². The van der Waals surface area contributed by atoms with Gasteiger partial charge in [0.25, 0.3) is 17.7 Å². The van der Waals surface area contributed by atoms with E-state index in [2.05, 4.69) is 5.32 Å². The summed E-state index contributed by atoms with van der Waals surface area (Å²) >= 11 is 0. The Morgan fingerprint density at radius 3 is 2.38 bits per heavy atom. The van der Waals surface area contributed by atoms with E-state index in [-0.39, 0.29) is 35.4 Å². The molecule has 0 saturated carbocycles. The summed E-state index contributed by atoms with van der Waals surface area (Å²) in [7, 11) is 0. The number of nitrogens with one attached hydrogen (secondary N) is 2. The summed E-state index contributed by atoms with van der Waals surface area (Å²) in [5.74, 6) is 2.46. The van der Waals surface area contributed by atoms with Crippen molar-refractivity contribution in [2.45, 2.75) is 25.7 Å². The quantitative estimate of drug-likeness (QED) is 0.208. The zero-order valence-electron chi connectivity index (χ0n) is 14.0. The van der Waals surface area contributed by atoms with Crippen LogP contribution in [0.2, 0.25) is 0 Å². The summed E-state index contributed by atoms with van der Waals surface area (Å²) < 4.78 is 13.8. The molecule has 1 aliphatic rings. The van der Waals surface area contributed by atoms with Crippen LogP contribution in [0, 0.1) is 5.82 Å². The molecule has 9 heteroatoms. The zero-order chi connectivity index (χ0) is 19.1. The number of nitrogen functional groups attached to an aromatic ring is 1. The number of carbonyl (C=O) groups excluding carboxylic acids is 4. The Kier molecular flexibility index (Phi) is 6.56. The van der Waals surface area contributed by atoms with Gasteiger partial charge in [0.15, 0.2) is 0 Å². The van der Waals surface area contributed by atoms with Crippen molar-refractivity contribution in [1.29, 1.82) is 0 Å². The minimum Gasteiger partial charge on any atom is -0.326 e. The molecule has 0 aromatic heterocycles. The lowest BCUT2D eigenvalue weighted by molar-refractivity contribution is -0.136. The van der Waals surface area contributed by atoms with E-state index in [1.807, 2.05) is 5.43 Å². The third-order valence-electron chi connectivity index (χ3n) is 3.81. The van der Waals surface area contributed by atoms with Crippen LogP contribution in [0.1, 0.15) is 36.0 Å². The van der Waals surface area contributed by atoms with Crippen molar-refractivity contribution >= 4 is 29.3 Å². The number of nitrogens with two attached hydrogens (primary N) is 1. The summed E-state index contributed by atoms with van der Waals surface area (Å²) in [4.78, 5) is 47.0. The molecule has 2 rings (SSSR count). The maximum atomic E-state index is 13.8. The van der Waals surface area contributed by atoms with Gasteiger partial charge in [-0.05, 0) is 31.0 Å². The van der Waals surface area contributed by atoms with E-state index in [9.17, 15) is 23.6 Å². The van der Waals surface area contributed by atoms with Gasteiger partial charge in [0.05, 0.1) is 5.56 Å². The van der Waals surface area contributed by atoms with Crippen molar-refractivity contribution in [2.75, 3.05) is 11.9 Å². The van der Waals surface area contributed by atoms with E-state index >= 15 is 0 Å². The van der Waals surface area contributed by atoms with E-state index in [1.165, 1.54) is 24.3 Å². The molecule has 0 saturated heterocycles.